The van der Waals surface area contributed by atoms with Crippen molar-refractivity contribution in [3.05, 3.63) is 34.9 Å². The van der Waals surface area contributed by atoms with Crippen LogP contribution in [-0.4, -0.2) is 25.2 Å². The minimum atomic E-state index is -0.281. The Bertz CT molecular complexity index is 526. The van der Waals surface area contributed by atoms with Crippen LogP contribution in [0.15, 0.2) is 18.2 Å². The van der Waals surface area contributed by atoms with Gasteiger partial charge in [0.05, 0.1) is 26.1 Å². The van der Waals surface area contributed by atoms with Gasteiger partial charge in [0.1, 0.15) is 0 Å². The van der Waals surface area contributed by atoms with E-state index in [2.05, 4.69) is 20.8 Å². The summed E-state index contributed by atoms with van der Waals surface area (Å²) in [4.78, 5) is 23.5. The van der Waals surface area contributed by atoms with Crippen LogP contribution in [0.3, 0.4) is 0 Å². The molecule has 4 nitrogen and oxygen atoms in total. The topological polar surface area (TPSA) is 52.6 Å². The molecule has 0 aliphatic carbocycles. The first-order valence-corrected chi connectivity index (χ1v) is 7.71. The Morgan fingerprint density at radius 2 is 1.41 bits per heavy atom. The molecule has 22 heavy (non-hydrogen) atoms. The van der Waals surface area contributed by atoms with Crippen molar-refractivity contribution >= 4 is 11.9 Å². The molecule has 0 aliphatic rings. The normalized spacial score (nSPS) is 11.1. The summed E-state index contributed by atoms with van der Waals surface area (Å²) in [6.07, 6.45) is 0.347. The molecule has 0 saturated heterocycles. The third kappa shape index (κ3) is 5.51. The highest BCUT2D eigenvalue weighted by atomic mass is 16.5. The van der Waals surface area contributed by atoms with Crippen LogP contribution in [0.5, 0.6) is 0 Å². The van der Waals surface area contributed by atoms with Gasteiger partial charge in [0.15, 0.2) is 0 Å². The highest BCUT2D eigenvalue weighted by molar-refractivity contribution is 5.76. The van der Waals surface area contributed by atoms with Crippen LogP contribution in [0.4, 0.5) is 0 Å². The molecule has 0 radical (unpaired) electrons. The summed E-state index contributed by atoms with van der Waals surface area (Å²) in [5, 5.41) is 0. The monoisotopic (exact) mass is 306 g/mol. The Morgan fingerprint density at radius 1 is 0.909 bits per heavy atom. The summed E-state index contributed by atoms with van der Waals surface area (Å²) < 4.78 is 10.0. The van der Waals surface area contributed by atoms with Crippen molar-refractivity contribution in [2.75, 3.05) is 13.2 Å². The van der Waals surface area contributed by atoms with Crippen LogP contribution in [0.25, 0.3) is 0 Å². The van der Waals surface area contributed by atoms with Crippen LogP contribution in [0, 0.1) is 0 Å². The number of rotatable bonds is 6. The molecule has 1 aromatic carbocycles. The molecule has 0 amide bonds. The second-order valence-corrected chi connectivity index (χ2v) is 6.20. The van der Waals surface area contributed by atoms with Crippen molar-refractivity contribution < 1.29 is 19.1 Å². The maximum absolute atomic E-state index is 11.8. The van der Waals surface area contributed by atoms with Crippen LogP contribution < -0.4 is 0 Å². The zero-order chi connectivity index (χ0) is 16.8. The number of benzene rings is 1. The lowest BCUT2D eigenvalue weighted by atomic mass is 9.84. The average Bonchev–Trinajstić information content (AvgIpc) is 2.40. The lowest BCUT2D eigenvalue weighted by molar-refractivity contribution is -0.143. The molecule has 122 valence electrons. The number of carbonyl (C=O) groups excluding carboxylic acids is 2. The first-order valence-electron chi connectivity index (χ1n) is 7.71. The summed E-state index contributed by atoms with van der Waals surface area (Å²) in [5.74, 6) is -0.560. The molecule has 0 bridgehead atoms. The Balaban J connectivity index is 3.08. The second-order valence-electron chi connectivity index (χ2n) is 6.20. The van der Waals surface area contributed by atoms with E-state index >= 15 is 0 Å². The summed E-state index contributed by atoms with van der Waals surface area (Å²) in [6.45, 7) is 10.6. The summed E-state index contributed by atoms with van der Waals surface area (Å²) in [6, 6.07) is 5.90. The van der Waals surface area contributed by atoms with E-state index in [1.54, 1.807) is 13.8 Å². The fourth-order valence-corrected chi connectivity index (χ4v) is 2.16. The molecule has 0 atom stereocenters. The van der Waals surface area contributed by atoms with E-state index in [4.69, 9.17) is 9.47 Å². The largest absolute Gasteiger partial charge is 0.466 e. The maximum Gasteiger partial charge on any atom is 0.310 e. The Labute approximate surface area is 132 Å². The first-order chi connectivity index (χ1) is 10.3. The minimum absolute atomic E-state index is 0.0220. The van der Waals surface area contributed by atoms with Gasteiger partial charge >= 0.3 is 11.9 Å². The molecule has 0 saturated carbocycles. The van der Waals surface area contributed by atoms with Gasteiger partial charge in [-0.05, 0) is 36.0 Å². The molecular weight excluding hydrogens is 280 g/mol. The molecule has 0 aliphatic heterocycles. The maximum atomic E-state index is 11.8. The molecule has 0 N–H and O–H groups in total. The quantitative estimate of drug-likeness (QED) is 0.757. The predicted octanol–water partition coefficient (Wildman–Crippen LogP) is 3.20. The Kier molecular flexibility index (Phi) is 6.60. The average molecular weight is 306 g/mol. The zero-order valence-electron chi connectivity index (χ0n) is 14.2. The summed E-state index contributed by atoms with van der Waals surface area (Å²) >= 11 is 0. The van der Waals surface area contributed by atoms with Crippen molar-refractivity contribution in [1.82, 2.24) is 0 Å². The minimum Gasteiger partial charge on any atom is -0.466 e. The molecule has 0 fully saturated rings. The van der Waals surface area contributed by atoms with Gasteiger partial charge < -0.3 is 9.47 Å². The van der Waals surface area contributed by atoms with Crippen LogP contribution in [0.2, 0.25) is 0 Å². The van der Waals surface area contributed by atoms with Crippen molar-refractivity contribution in [2.45, 2.75) is 52.9 Å². The van der Waals surface area contributed by atoms with Gasteiger partial charge in [0.2, 0.25) is 0 Å². The SMILES string of the molecule is CCOC(=O)Cc1ccc(C(C)(C)C)cc1CC(=O)OCC. The Hall–Kier alpha value is -1.84. The smallest absolute Gasteiger partial charge is 0.310 e. The van der Waals surface area contributed by atoms with E-state index in [9.17, 15) is 9.59 Å². The summed E-state index contributed by atoms with van der Waals surface area (Å²) in [5.41, 5.74) is 2.75. The molecule has 0 spiro atoms. The van der Waals surface area contributed by atoms with Crippen LogP contribution >= 0.6 is 0 Å². The third-order valence-electron chi connectivity index (χ3n) is 3.35. The van der Waals surface area contributed by atoms with E-state index in [-0.39, 0.29) is 30.2 Å². The van der Waals surface area contributed by atoms with Crippen molar-refractivity contribution in [3.8, 4) is 0 Å². The van der Waals surface area contributed by atoms with E-state index in [1.165, 1.54) is 0 Å². The predicted molar refractivity (Wildman–Crippen MR) is 85.8 cm³/mol. The highest BCUT2D eigenvalue weighted by Crippen LogP contribution is 2.25. The van der Waals surface area contributed by atoms with E-state index in [0.29, 0.717) is 13.2 Å². The summed E-state index contributed by atoms with van der Waals surface area (Å²) in [7, 11) is 0. The van der Waals surface area contributed by atoms with Gasteiger partial charge in [-0.1, -0.05) is 39.0 Å². The molecule has 1 aromatic rings. The standard InChI is InChI=1S/C18H26O4/c1-6-21-16(19)11-13-8-9-15(18(3,4)5)10-14(13)12-17(20)22-7-2/h8-10H,6-7,11-12H2,1-5H3. The lowest BCUT2D eigenvalue weighted by Crippen LogP contribution is -2.16. The fourth-order valence-electron chi connectivity index (χ4n) is 2.16. The van der Waals surface area contributed by atoms with Gasteiger partial charge in [0.25, 0.3) is 0 Å². The van der Waals surface area contributed by atoms with Crippen LogP contribution in [-0.2, 0) is 37.3 Å². The van der Waals surface area contributed by atoms with Gasteiger partial charge in [-0.3, -0.25) is 9.59 Å². The van der Waals surface area contributed by atoms with Crippen molar-refractivity contribution in [3.63, 3.8) is 0 Å². The van der Waals surface area contributed by atoms with Crippen molar-refractivity contribution in [2.24, 2.45) is 0 Å². The first kappa shape index (κ1) is 18.2. The molecule has 0 heterocycles. The number of carbonyl (C=O) groups is 2. The van der Waals surface area contributed by atoms with E-state index in [1.807, 2.05) is 18.2 Å². The molecule has 1 rings (SSSR count). The van der Waals surface area contributed by atoms with Gasteiger partial charge in [0, 0.05) is 0 Å². The van der Waals surface area contributed by atoms with Gasteiger partial charge in [-0.25, -0.2) is 0 Å². The zero-order valence-corrected chi connectivity index (χ0v) is 14.2. The highest BCUT2D eigenvalue weighted by Gasteiger charge is 2.18. The molecule has 4 heteroatoms. The number of hydrogen-bond donors (Lipinski definition) is 0. The number of esters is 2. The number of hydrogen-bond acceptors (Lipinski definition) is 4. The van der Waals surface area contributed by atoms with Gasteiger partial charge in [-0.15, -0.1) is 0 Å². The lowest BCUT2D eigenvalue weighted by Gasteiger charge is -2.21. The molecule has 0 unspecified atom stereocenters. The third-order valence-corrected chi connectivity index (χ3v) is 3.35. The van der Waals surface area contributed by atoms with E-state index < -0.39 is 0 Å². The molecular formula is C18H26O4. The molecule has 0 aromatic heterocycles. The number of ether oxygens (including phenoxy) is 2. The Morgan fingerprint density at radius 3 is 1.86 bits per heavy atom. The van der Waals surface area contributed by atoms with Crippen molar-refractivity contribution in [1.29, 1.82) is 0 Å². The van der Waals surface area contributed by atoms with Gasteiger partial charge in [-0.2, -0.15) is 0 Å². The van der Waals surface area contributed by atoms with Crippen LogP contribution in [0.1, 0.15) is 51.3 Å². The van der Waals surface area contributed by atoms with E-state index in [0.717, 1.165) is 16.7 Å². The fraction of sp³-hybridized carbons (Fsp3) is 0.556. The second kappa shape index (κ2) is 7.97.